The first-order valence-electron chi connectivity index (χ1n) is 4.71. The Bertz CT molecular complexity index is 284. The van der Waals surface area contributed by atoms with Crippen molar-refractivity contribution in [3.63, 3.8) is 0 Å². The molecule has 3 N–H and O–H groups in total. The zero-order valence-corrected chi connectivity index (χ0v) is 9.98. The standard InChI is InChI=1S/C5H3BrFN.C5H11NO/c6-5-2-1-4(7)3-8-5;1-3(6)4-2-5(4)7/h1-3H;3-5,7H,2,6H2,1H3. The highest BCUT2D eigenvalue weighted by molar-refractivity contribution is 9.10. The fourth-order valence-corrected chi connectivity index (χ4v) is 1.36. The number of aliphatic hydroxyl groups is 1. The lowest BCUT2D eigenvalue weighted by molar-refractivity contribution is 0.253. The summed E-state index contributed by atoms with van der Waals surface area (Å²) in [7, 11) is 0. The first-order valence-corrected chi connectivity index (χ1v) is 5.50. The van der Waals surface area contributed by atoms with E-state index in [4.69, 9.17) is 10.8 Å². The Morgan fingerprint density at radius 3 is 2.47 bits per heavy atom. The van der Waals surface area contributed by atoms with Gasteiger partial charge in [-0.15, -0.1) is 0 Å². The maximum Gasteiger partial charge on any atom is 0.141 e. The Morgan fingerprint density at radius 1 is 1.67 bits per heavy atom. The molecule has 1 aliphatic carbocycles. The van der Waals surface area contributed by atoms with Crippen LogP contribution in [0.4, 0.5) is 4.39 Å². The number of nitrogens with two attached hydrogens (primary N) is 1. The maximum atomic E-state index is 12.0. The Morgan fingerprint density at radius 2 is 2.27 bits per heavy atom. The third-order valence-corrected chi connectivity index (χ3v) is 2.64. The van der Waals surface area contributed by atoms with Crippen molar-refractivity contribution < 1.29 is 9.50 Å². The van der Waals surface area contributed by atoms with E-state index in [0.29, 0.717) is 10.5 Å². The molecule has 3 nitrogen and oxygen atoms in total. The van der Waals surface area contributed by atoms with Gasteiger partial charge >= 0.3 is 0 Å². The van der Waals surface area contributed by atoms with Gasteiger partial charge in [0.05, 0.1) is 12.3 Å². The highest BCUT2D eigenvalue weighted by Gasteiger charge is 2.37. The second-order valence-electron chi connectivity index (χ2n) is 3.63. The van der Waals surface area contributed by atoms with E-state index >= 15 is 0 Å². The van der Waals surface area contributed by atoms with Crippen LogP contribution in [0.1, 0.15) is 13.3 Å². The van der Waals surface area contributed by atoms with E-state index in [2.05, 4.69) is 20.9 Å². The minimum absolute atomic E-state index is 0.0833. The van der Waals surface area contributed by atoms with E-state index in [1.54, 1.807) is 6.07 Å². The van der Waals surface area contributed by atoms with Gasteiger partial charge in [0.15, 0.2) is 0 Å². The smallest absolute Gasteiger partial charge is 0.141 e. The molecule has 1 aliphatic rings. The van der Waals surface area contributed by atoms with Gasteiger partial charge in [0.2, 0.25) is 0 Å². The van der Waals surface area contributed by atoms with Gasteiger partial charge in [-0.25, -0.2) is 9.37 Å². The number of hydrogen-bond donors (Lipinski definition) is 2. The van der Waals surface area contributed by atoms with Crippen LogP contribution < -0.4 is 5.73 Å². The van der Waals surface area contributed by atoms with Crippen LogP contribution >= 0.6 is 15.9 Å². The average molecular weight is 277 g/mol. The van der Waals surface area contributed by atoms with Crippen molar-refractivity contribution >= 4 is 15.9 Å². The van der Waals surface area contributed by atoms with Gasteiger partial charge in [-0.05, 0) is 41.4 Å². The molecule has 0 aromatic carbocycles. The van der Waals surface area contributed by atoms with Crippen molar-refractivity contribution in [2.75, 3.05) is 0 Å². The monoisotopic (exact) mass is 276 g/mol. The van der Waals surface area contributed by atoms with E-state index in [1.807, 2.05) is 6.92 Å². The molecule has 0 amide bonds. The Labute approximate surface area is 96.6 Å². The quantitative estimate of drug-likeness (QED) is 0.768. The molecule has 1 heterocycles. The van der Waals surface area contributed by atoms with Crippen LogP contribution in [-0.4, -0.2) is 22.2 Å². The van der Waals surface area contributed by atoms with Crippen LogP contribution in [0.5, 0.6) is 0 Å². The van der Waals surface area contributed by atoms with Gasteiger partial charge in [-0.3, -0.25) is 0 Å². The zero-order chi connectivity index (χ0) is 11.4. The highest BCUT2D eigenvalue weighted by atomic mass is 79.9. The molecule has 0 bridgehead atoms. The fourth-order valence-electron chi connectivity index (χ4n) is 1.12. The van der Waals surface area contributed by atoms with Gasteiger partial charge in [0, 0.05) is 12.0 Å². The van der Waals surface area contributed by atoms with Gasteiger partial charge in [-0.1, -0.05) is 0 Å². The molecule has 5 heteroatoms. The van der Waals surface area contributed by atoms with Crippen molar-refractivity contribution in [3.8, 4) is 0 Å². The minimum Gasteiger partial charge on any atom is -0.393 e. The number of halogens is 2. The third-order valence-electron chi connectivity index (χ3n) is 2.17. The number of rotatable bonds is 1. The lowest BCUT2D eigenvalue weighted by Crippen LogP contribution is -2.19. The molecule has 0 radical (unpaired) electrons. The van der Waals surface area contributed by atoms with Gasteiger partial charge < -0.3 is 10.8 Å². The molecule has 3 atom stereocenters. The summed E-state index contributed by atoms with van der Waals surface area (Å²) in [4.78, 5) is 3.62. The van der Waals surface area contributed by atoms with Gasteiger partial charge in [0.25, 0.3) is 0 Å². The summed E-state index contributed by atoms with van der Waals surface area (Å²) < 4.78 is 12.7. The predicted molar refractivity (Wildman–Crippen MR) is 59.7 cm³/mol. The first-order chi connectivity index (χ1) is 7.00. The molecule has 84 valence electrons. The third kappa shape index (κ3) is 4.68. The molecule has 1 aromatic rings. The Balaban J connectivity index is 0.000000151. The van der Waals surface area contributed by atoms with E-state index in [9.17, 15) is 4.39 Å². The van der Waals surface area contributed by atoms with Crippen molar-refractivity contribution in [1.82, 2.24) is 4.98 Å². The topological polar surface area (TPSA) is 59.1 Å². The summed E-state index contributed by atoms with van der Waals surface area (Å²) in [5.41, 5.74) is 5.43. The van der Waals surface area contributed by atoms with Crippen molar-refractivity contribution in [2.24, 2.45) is 11.7 Å². The van der Waals surface area contributed by atoms with Crippen LogP contribution in [0.3, 0.4) is 0 Å². The number of aliphatic hydroxyl groups excluding tert-OH is 1. The van der Waals surface area contributed by atoms with Crippen LogP contribution in [0.2, 0.25) is 0 Å². The first kappa shape index (κ1) is 12.5. The summed E-state index contributed by atoms with van der Waals surface area (Å²) >= 11 is 3.07. The minimum atomic E-state index is -0.312. The van der Waals surface area contributed by atoms with Crippen LogP contribution in [0.25, 0.3) is 0 Å². The van der Waals surface area contributed by atoms with Crippen LogP contribution in [0.15, 0.2) is 22.9 Å². The lowest BCUT2D eigenvalue weighted by Gasteiger charge is -1.97. The number of aromatic nitrogens is 1. The van der Waals surface area contributed by atoms with Crippen molar-refractivity contribution in [2.45, 2.75) is 25.5 Å². The largest absolute Gasteiger partial charge is 0.393 e. The molecule has 15 heavy (non-hydrogen) atoms. The van der Waals surface area contributed by atoms with Crippen molar-refractivity contribution in [1.29, 1.82) is 0 Å². The summed E-state index contributed by atoms with van der Waals surface area (Å²) in [5.74, 6) is 0.0909. The SMILES string of the molecule is CC(N)C1CC1O.Fc1ccc(Br)nc1. The molecule has 2 rings (SSSR count). The lowest BCUT2D eigenvalue weighted by atomic mass is 10.2. The van der Waals surface area contributed by atoms with Gasteiger partial charge in [-0.2, -0.15) is 0 Å². The Kier molecular flexibility index (Phi) is 4.63. The summed E-state index contributed by atoms with van der Waals surface area (Å²) in [6.07, 6.45) is 1.99. The molecular formula is C10H14BrFN2O. The molecule has 3 unspecified atom stereocenters. The highest BCUT2D eigenvalue weighted by Crippen LogP contribution is 2.31. The second kappa shape index (κ2) is 5.53. The maximum absolute atomic E-state index is 12.0. The van der Waals surface area contributed by atoms with E-state index in [-0.39, 0.29) is 18.0 Å². The van der Waals surface area contributed by atoms with E-state index in [1.165, 1.54) is 6.07 Å². The predicted octanol–water partition coefficient (Wildman–Crippen LogP) is 1.70. The Hall–Kier alpha value is -0.520. The van der Waals surface area contributed by atoms with Crippen LogP contribution in [-0.2, 0) is 0 Å². The molecule has 1 aromatic heterocycles. The second-order valence-corrected chi connectivity index (χ2v) is 4.44. The fraction of sp³-hybridized carbons (Fsp3) is 0.500. The number of pyridine rings is 1. The zero-order valence-electron chi connectivity index (χ0n) is 8.40. The van der Waals surface area contributed by atoms with Gasteiger partial charge in [0.1, 0.15) is 10.4 Å². The molecule has 0 aliphatic heterocycles. The van der Waals surface area contributed by atoms with Crippen molar-refractivity contribution in [3.05, 3.63) is 28.7 Å². The summed E-state index contributed by atoms with van der Waals surface area (Å²) in [6, 6.07) is 3.09. The normalized spacial score (nSPS) is 25.1. The summed E-state index contributed by atoms with van der Waals surface area (Å²) in [6.45, 7) is 1.93. The summed E-state index contributed by atoms with van der Waals surface area (Å²) in [5, 5.41) is 8.72. The molecular weight excluding hydrogens is 263 g/mol. The molecule has 1 saturated carbocycles. The molecule has 1 fully saturated rings. The van der Waals surface area contributed by atoms with E-state index in [0.717, 1.165) is 12.6 Å². The van der Waals surface area contributed by atoms with E-state index < -0.39 is 0 Å². The average Bonchev–Trinajstić information content (AvgIpc) is 2.89. The number of nitrogens with zero attached hydrogens (tertiary/aromatic N) is 1. The van der Waals surface area contributed by atoms with Crippen LogP contribution in [0, 0.1) is 11.7 Å². The molecule has 0 spiro atoms. The molecule has 0 saturated heterocycles. The number of hydrogen-bond acceptors (Lipinski definition) is 3.